The fourth-order valence-corrected chi connectivity index (χ4v) is 6.40. The van der Waals surface area contributed by atoms with Gasteiger partial charge in [-0.15, -0.1) is 0 Å². The van der Waals surface area contributed by atoms with Crippen molar-refractivity contribution >= 4 is 5.78 Å². The molecule has 0 heterocycles. The van der Waals surface area contributed by atoms with E-state index >= 15 is 0 Å². The summed E-state index contributed by atoms with van der Waals surface area (Å²) in [5.41, 5.74) is 3.60. The highest BCUT2D eigenvalue weighted by molar-refractivity contribution is 6.01. The zero-order valence-electron chi connectivity index (χ0n) is 14.4. The van der Waals surface area contributed by atoms with E-state index < -0.39 is 0 Å². The predicted molar refractivity (Wildman–Crippen MR) is 90.3 cm³/mol. The Kier molecular flexibility index (Phi) is 2.94. The van der Waals surface area contributed by atoms with Gasteiger partial charge in [0.15, 0.2) is 5.78 Å². The van der Waals surface area contributed by atoms with Gasteiger partial charge in [0.25, 0.3) is 0 Å². The van der Waals surface area contributed by atoms with Crippen molar-refractivity contribution in [1.29, 1.82) is 0 Å². The smallest absolute Gasteiger partial charge is 0.178 e. The van der Waals surface area contributed by atoms with E-state index in [0.717, 1.165) is 17.8 Å². The van der Waals surface area contributed by atoms with E-state index in [2.05, 4.69) is 39.8 Å². The van der Waals surface area contributed by atoms with Crippen LogP contribution in [0.25, 0.3) is 0 Å². The van der Waals surface area contributed by atoms with E-state index in [4.69, 9.17) is 0 Å². The third-order valence-corrected chi connectivity index (χ3v) is 7.85. The topological polar surface area (TPSA) is 17.1 Å². The van der Waals surface area contributed by atoms with Gasteiger partial charge in [-0.25, -0.2) is 0 Å². The molecule has 0 spiro atoms. The number of hydrogen-bond acceptors (Lipinski definition) is 1. The molecular formula is C21H28O. The Morgan fingerprint density at radius 2 is 2.00 bits per heavy atom. The van der Waals surface area contributed by atoms with Crippen molar-refractivity contribution in [3.05, 3.63) is 35.5 Å². The van der Waals surface area contributed by atoms with Gasteiger partial charge in [0.2, 0.25) is 0 Å². The second kappa shape index (κ2) is 4.46. The average Bonchev–Trinajstić information content (AvgIpc) is 2.77. The van der Waals surface area contributed by atoms with Gasteiger partial charge in [-0.1, -0.05) is 44.1 Å². The predicted octanol–water partition coefficient (Wildman–Crippen LogP) is 5.10. The molecule has 0 aromatic rings. The molecule has 0 amide bonds. The van der Waals surface area contributed by atoms with E-state index in [1.54, 1.807) is 5.57 Å². The molecule has 1 nitrogen and oxygen atoms in total. The molecule has 4 aliphatic carbocycles. The third kappa shape index (κ3) is 1.69. The molecule has 4 rings (SSSR count). The summed E-state index contributed by atoms with van der Waals surface area (Å²) in [6.07, 6.45) is 13.7. The lowest BCUT2D eigenvalue weighted by Gasteiger charge is -2.58. The van der Waals surface area contributed by atoms with Crippen LogP contribution in [-0.2, 0) is 4.79 Å². The zero-order valence-corrected chi connectivity index (χ0v) is 14.4. The molecule has 0 bridgehead atoms. The van der Waals surface area contributed by atoms with Crippen LogP contribution in [0, 0.1) is 34.5 Å². The second-order valence-corrected chi connectivity index (χ2v) is 8.71. The Morgan fingerprint density at radius 1 is 1.23 bits per heavy atom. The van der Waals surface area contributed by atoms with Crippen molar-refractivity contribution in [3.8, 4) is 0 Å². The highest BCUT2D eigenvalue weighted by atomic mass is 16.1. The maximum atomic E-state index is 11.9. The highest BCUT2D eigenvalue weighted by Crippen LogP contribution is 2.65. The van der Waals surface area contributed by atoms with Gasteiger partial charge in [0, 0.05) is 5.41 Å². The van der Waals surface area contributed by atoms with Gasteiger partial charge in [-0.2, -0.15) is 0 Å². The lowest BCUT2D eigenvalue weighted by molar-refractivity contribution is -0.111. The number of allylic oxidation sites excluding steroid dienone is 6. The summed E-state index contributed by atoms with van der Waals surface area (Å²) in [6, 6.07) is 0. The molecule has 0 aromatic carbocycles. The molecular weight excluding hydrogens is 268 g/mol. The van der Waals surface area contributed by atoms with E-state index in [0.29, 0.717) is 11.3 Å². The van der Waals surface area contributed by atoms with Crippen LogP contribution in [0.4, 0.5) is 0 Å². The normalized spacial score (nSPS) is 49.9. The lowest BCUT2D eigenvalue weighted by atomic mass is 9.46. The minimum absolute atomic E-state index is 0.119. The molecule has 6 atom stereocenters. The van der Waals surface area contributed by atoms with Crippen molar-refractivity contribution in [1.82, 2.24) is 0 Å². The molecule has 1 unspecified atom stereocenters. The van der Waals surface area contributed by atoms with Crippen LogP contribution in [0.15, 0.2) is 35.5 Å². The van der Waals surface area contributed by atoms with Gasteiger partial charge in [0.1, 0.15) is 0 Å². The van der Waals surface area contributed by atoms with Crippen LogP contribution in [0.3, 0.4) is 0 Å². The van der Waals surface area contributed by atoms with Gasteiger partial charge in [0.05, 0.1) is 0 Å². The Hall–Kier alpha value is -1.11. The number of fused-ring (bicyclic) bond motifs is 5. The van der Waals surface area contributed by atoms with Crippen molar-refractivity contribution in [3.63, 3.8) is 0 Å². The summed E-state index contributed by atoms with van der Waals surface area (Å²) < 4.78 is 0. The standard InChI is InChI=1S/C21H28O/c1-13-11-16-17-6-5-14(2)20(17,3)10-8-18(16)21(4)9-7-15(22)12-19(13)21/h5,7,9,12-13,16-18H,6,8,10-11H2,1-4H3/t13?,16-,17-,18-,20+,21+/m0/s1. The largest absolute Gasteiger partial charge is 0.290 e. The van der Waals surface area contributed by atoms with Crippen LogP contribution in [0.5, 0.6) is 0 Å². The Bertz CT molecular complexity index is 622. The number of hydrogen-bond donors (Lipinski definition) is 0. The first-order valence-electron chi connectivity index (χ1n) is 8.99. The molecule has 0 N–H and O–H groups in total. The fraction of sp³-hybridized carbons (Fsp3) is 0.667. The Labute approximate surface area is 134 Å². The zero-order chi connectivity index (χ0) is 15.7. The van der Waals surface area contributed by atoms with Crippen molar-refractivity contribution in [2.24, 2.45) is 34.5 Å². The van der Waals surface area contributed by atoms with E-state index in [1.807, 2.05) is 12.2 Å². The third-order valence-electron chi connectivity index (χ3n) is 7.85. The minimum atomic E-state index is 0.119. The summed E-state index contributed by atoms with van der Waals surface area (Å²) in [7, 11) is 0. The maximum Gasteiger partial charge on any atom is 0.178 e. The number of carbonyl (C=O) groups excluding carboxylic acids is 1. The first-order chi connectivity index (χ1) is 10.4. The molecule has 0 aliphatic heterocycles. The van der Waals surface area contributed by atoms with E-state index in [-0.39, 0.29) is 11.2 Å². The van der Waals surface area contributed by atoms with E-state index in [1.165, 1.54) is 31.3 Å². The average molecular weight is 296 g/mol. The van der Waals surface area contributed by atoms with Crippen LogP contribution in [0.2, 0.25) is 0 Å². The summed E-state index contributed by atoms with van der Waals surface area (Å²) >= 11 is 0. The number of ketones is 1. The van der Waals surface area contributed by atoms with Crippen molar-refractivity contribution in [2.75, 3.05) is 0 Å². The summed E-state index contributed by atoms with van der Waals surface area (Å²) in [4.78, 5) is 11.9. The molecule has 118 valence electrons. The highest BCUT2D eigenvalue weighted by Gasteiger charge is 2.56. The Balaban J connectivity index is 1.75. The first-order valence-corrected chi connectivity index (χ1v) is 8.99. The van der Waals surface area contributed by atoms with Crippen LogP contribution < -0.4 is 0 Å². The van der Waals surface area contributed by atoms with Crippen LogP contribution in [0.1, 0.15) is 53.4 Å². The quantitative estimate of drug-likeness (QED) is 0.569. The number of rotatable bonds is 0. The van der Waals surface area contributed by atoms with Gasteiger partial charge in [-0.05, 0) is 73.8 Å². The molecule has 1 heteroatoms. The summed E-state index contributed by atoms with van der Waals surface area (Å²) in [6.45, 7) is 9.59. The first kappa shape index (κ1) is 14.5. The second-order valence-electron chi connectivity index (χ2n) is 8.71. The van der Waals surface area contributed by atoms with Gasteiger partial charge >= 0.3 is 0 Å². The Morgan fingerprint density at radius 3 is 2.77 bits per heavy atom. The van der Waals surface area contributed by atoms with Crippen molar-refractivity contribution < 1.29 is 4.79 Å². The van der Waals surface area contributed by atoms with Crippen molar-refractivity contribution in [2.45, 2.75) is 53.4 Å². The number of carbonyl (C=O) groups is 1. The fourth-order valence-electron chi connectivity index (χ4n) is 6.40. The molecule has 22 heavy (non-hydrogen) atoms. The molecule has 2 fully saturated rings. The van der Waals surface area contributed by atoms with Gasteiger partial charge in [-0.3, -0.25) is 4.79 Å². The summed E-state index contributed by atoms with van der Waals surface area (Å²) in [5, 5.41) is 0. The molecule has 0 saturated heterocycles. The summed E-state index contributed by atoms with van der Waals surface area (Å²) in [5.74, 6) is 3.08. The molecule has 0 aromatic heterocycles. The molecule has 0 radical (unpaired) electrons. The van der Waals surface area contributed by atoms with Crippen LogP contribution >= 0.6 is 0 Å². The molecule has 2 saturated carbocycles. The lowest BCUT2D eigenvalue weighted by Crippen LogP contribution is -2.50. The van der Waals surface area contributed by atoms with E-state index in [9.17, 15) is 4.79 Å². The maximum absolute atomic E-state index is 11.9. The monoisotopic (exact) mass is 296 g/mol. The molecule has 4 aliphatic rings. The SMILES string of the molecule is CC1=CC[C@H]2[C@@H]3CC(C)C4=CC(=O)C=C[C@]4(C)[C@H]3CC[C@]12C. The van der Waals surface area contributed by atoms with Gasteiger partial charge < -0.3 is 0 Å². The van der Waals surface area contributed by atoms with Crippen LogP contribution in [-0.4, -0.2) is 5.78 Å². The minimum Gasteiger partial charge on any atom is -0.290 e.